The summed E-state index contributed by atoms with van der Waals surface area (Å²) in [5.74, 6) is 0.740. The SMILES string of the molecule is NS(=O)(=O)c1c(Cn2c(-c3ccccc3)nc(-c3ccccc3)c2-c2ccccc2)cccc1-c1ccccc1. The molecule has 0 saturated carbocycles. The smallest absolute Gasteiger partial charge is 0.239 e. The highest BCUT2D eigenvalue weighted by Gasteiger charge is 2.25. The molecule has 0 radical (unpaired) electrons. The lowest BCUT2D eigenvalue weighted by atomic mass is 10.0. The summed E-state index contributed by atoms with van der Waals surface area (Å²) in [5.41, 5.74) is 6.56. The lowest BCUT2D eigenvalue weighted by Gasteiger charge is -2.18. The fourth-order valence-corrected chi connectivity index (χ4v) is 6.15. The number of aromatic nitrogens is 2. The van der Waals surface area contributed by atoms with Gasteiger partial charge in [0.15, 0.2) is 0 Å². The van der Waals surface area contributed by atoms with Gasteiger partial charge in [-0.05, 0) is 11.1 Å². The van der Waals surface area contributed by atoms with Gasteiger partial charge in [0.1, 0.15) is 5.82 Å². The summed E-state index contributed by atoms with van der Waals surface area (Å²) in [7, 11) is -4.07. The normalized spacial score (nSPS) is 11.4. The van der Waals surface area contributed by atoms with Gasteiger partial charge in [0.05, 0.1) is 22.8 Å². The van der Waals surface area contributed by atoms with Gasteiger partial charge in [-0.1, -0.05) is 140 Å². The summed E-state index contributed by atoms with van der Waals surface area (Å²) >= 11 is 0. The van der Waals surface area contributed by atoms with Gasteiger partial charge in [-0.15, -0.1) is 0 Å². The Labute approximate surface area is 234 Å². The van der Waals surface area contributed by atoms with E-state index < -0.39 is 10.0 Å². The van der Waals surface area contributed by atoms with E-state index in [1.807, 2.05) is 121 Å². The summed E-state index contributed by atoms with van der Waals surface area (Å²) < 4.78 is 28.4. The molecular weight excluding hydrogens is 514 g/mol. The summed E-state index contributed by atoms with van der Waals surface area (Å²) in [6.45, 7) is 0.251. The van der Waals surface area contributed by atoms with Crippen molar-refractivity contribution in [3.63, 3.8) is 0 Å². The van der Waals surface area contributed by atoms with Gasteiger partial charge in [0.25, 0.3) is 0 Å². The molecular formula is C34H27N3O2S. The van der Waals surface area contributed by atoms with E-state index >= 15 is 0 Å². The molecule has 0 atom stereocenters. The first-order chi connectivity index (χ1) is 19.5. The van der Waals surface area contributed by atoms with Gasteiger partial charge in [-0.2, -0.15) is 0 Å². The van der Waals surface area contributed by atoms with Crippen LogP contribution in [-0.4, -0.2) is 18.0 Å². The first kappa shape index (κ1) is 25.5. The Morgan fingerprint density at radius 1 is 0.575 bits per heavy atom. The molecule has 1 aromatic heterocycles. The standard InChI is InChI=1S/C34H27N3O2S/c35-40(38,39)33-29(22-13-23-30(33)25-14-5-1-6-15-25)24-37-32(27-18-9-3-10-19-27)31(26-16-7-2-8-17-26)36-34(37)28-20-11-4-12-21-28/h1-23H,24H2,(H2,35,38,39). The highest BCUT2D eigenvalue weighted by Crippen LogP contribution is 2.38. The van der Waals surface area contributed by atoms with Crippen LogP contribution in [0.3, 0.4) is 0 Å². The molecule has 0 spiro atoms. The zero-order chi connectivity index (χ0) is 27.5. The average molecular weight is 542 g/mol. The van der Waals surface area contributed by atoms with Crippen LogP contribution in [0.25, 0.3) is 45.0 Å². The second-order valence-corrected chi connectivity index (χ2v) is 11.0. The van der Waals surface area contributed by atoms with Crippen LogP contribution < -0.4 is 5.14 Å². The first-order valence-corrected chi connectivity index (χ1v) is 14.5. The maximum Gasteiger partial charge on any atom is 0.239 e. The van der Waals surface area contributed by atoms with Gasteiger partial charge < -0.3 is 4.57 Å². The van der Waals surface area contributed by atoms with Crippen molar-refractivity contribution < 1.29 is 8.42 Å². The van der Waals surface area contributed by atoms with E-state index in [9.17, 15) is 8.42 Å². The van der Waals surface area contributed by atoms with Crippen molar-refractivity contribution in [3.05, 3.63) is 145 Å². The number of benzene rings is 5. The third kappa shape index (κ3) is 4.98. The fourth-order valence-electron chi connectivity index (χ4n) is 5.16. The Kier molecular flexibility index (Phi) is 6.86. The summed E-state index contributed by atoms with van der Waals surface area (Å²) in [6, 6.07) is 45.1. The van der Waals surface area contributed by atoms with Crippen LogP contribution in [0, 0.1) is 0 Å². The molecule has 6 aromatic rings. The Morgan fingerprint density at radius 2 is 1.07 bits per heavy atom. The van der Waals surface area contributed by atoms with Crippen LogP contribution in [0.4, 0.5) is 0 Å². The van der Waals surface area contributed by atoms with E-state index in [1.165, 1.54) is 0 Å². The zero-order valence-corrected chi connectivity index (χ0v) is 22.5. The third-order valence-corrected chi connectivity index (χ3v) is 7.94. The molecule has 0 fully saturated rings. The van der Waals surface area contributed by atoms with Gasteiger partial charge in [0, 0.05) is 22.3 Å². The molecule has 5 nitrogen and oxygen atoms in total. The van der Waals surface area contributed by atoms with Crippen molar-refractivity contribution in [1.82, 2.24) is 9.55 Å². The molecule has 6 rings (SSSR count). The Morgan fingerprint density at radius 3 is 1.62 bits per heavy atom. The van der Waals surface area contributed by atoms with Crippen LogP contribution in [0.15, 0.2) is 144 Å². The lowest BCUT2D eigenvalue weighted by Crippen LogP contribution is -2.18. The predicted molar refractivity (Wildman–Crippen MR) is 161 cm³/mol. The van der Waals surface area contributed by atoms with Crippen molar-refractivity contribution in [3.8, 4) is 45.0 Å². The third-order valence-electron chi connectivity index (χ3n) is 6.89. The van der Waals surface area contributed by atoms with Crippen molar-refractivity contribution >= 4 is 10.0 Å². The Hall–Kier alpha value is -4.78. The van der Waals surface area contributed by atoms with Crippen molar-refractivity contribution in [2.24, 2.45) is 5.14 Å². The van der Waals surface area contributed by atoms with Crippen molar-refractivity contribution in [2.45, 2.75) is 11.4 Å². The van der Waals surface area contributed by atoms with E-state index in [0.29, 0.717) is 11.1 Å². The fraction of sp³-hybridized carbons (Fsp3) is 0.0294. The number of imidazole rings is 1. The number of nitrogens with zero attached hydrogens (tertiary/aromatic N) is 2. The maximum absolute atomic E-state index is 13.1. The maximum atomic E-state index is 13.1. The Balaban J connectivity index is 1.65. The minimum Gasteiger partial charge on any atom is -0.319 e. The second kappa shape index (κ2) is 10.8. The van der Waals surface area contributed by atoms with Gasteiger partial charge in [0.2, 0.25) is 10.0 Å². The molecule has 5 aromatic carbocycles. The van der Waals surface area contributed by atoms with Gasteiger partial charge >= 0.3 is 0 Å². The largest absolute Gasteiger partial charge is 0.319 e. The van der Waals surface area contributed by atoms with E-state index in [0.717, 1.165) is 39.5 Å². The van der Waals surface area contributed by atoms with Crippen LogP contribution in [0.1, 0.15) is 5.56 Å². The van der Waals surface area contributed by atoms with E-state index in [1.54, 1.807) is 6.07 Å². The zero-order valence-electron chi connectivity index (χ0n) is 21.7. The average Bonchev–Trinajstić information content (AvgIpc) is 3.37. The van der Waals surface area contributed by atoms with Gasteiger partial charge in [-0.3, -0.25) is 0 Å². The molecule has 1 heterocycles. The Bertz CT molecular complexity index is 1870. The summed E-state index contributed by atoms with van der Waals surface area (Å²) in [4.78, 5) is 5.30. The molecule has 0 unspecified atom stereocenters. The van der Waals surface area contributed by atoms with Crippen molar-refractivity contribution in [1.29, 1.82) is 0 Å². The topological polar surface area (TPSA) is 78.0 Å². The molecule has 6 heteroatoms. The minimum absolute atomic E-state index is 0.120. The molecule has 0 amide bonds. The minimum atomic E-state index is -4.07. The number of nitrogens with two attached hydrogens (primary N) is 1. The quantitative estimate of drug-likeness (QED) is 0.231. The lowest BCUT2D eigenvalue weighted by molar-refractivity contribution is 0.596. The van der Waals surface area contributed by atoms with Crippen LogP contribution in [-0.2, 0) is 16.6 Å². The number of hydrogen-bond donors (Lipinski definition) is 1. The van der Waals surface area contributed by atoms with Crippen LogP contribution >= 0.6 is 0 Å². The van der Waals surface area contributed by atoms with Crippen LogP contribution in [0.5, 0.6) is 0 Å². The molecule has 0 saturated heterocycles. The molecule has 2 N–H and O–H groups in total. The molecule has 40 heavy (non-hydrogen) atoms. The van der Waals surface area contributed by atoms with Crippen LogP contribution in [0.2, 0.25) is 0 Å². The van der Waals surface area contributed by atoms with E-state index in [4.69, 9.17) is 10.1 Å². The summed E-state index contributed by atoms with van der Waals surface area (Å²) in [6.07, 6.45) is 0. The highest BCUT2D eigenvalue weighted by molar-refractivity contribution is 7.89. The number of hydrogen-bond acceptors (Lipinski definition) is 3. The van der Waals surface area contributed by atoms with Gasteiger partial charge in [-0.25, -0.2) is 18.5 Å². The molecule has 0 bridgehead atoms. The molecule has 196 valence electrons. The monoisotopic (exact) mass is 541 g/mol. The summed E-state index contributed by atoms with van der Waals surface area (Å²) in [5, 5.41) is 5.89. The number of sulfonamides is 1. The highest BCUT2D eigenvalue weighted by atomic mass is 32.2. The van der Waals surface area contributed by atoms with E-state index in [-0.39, 0.29) is 11.4 Å². The van der Waals surface area contributed by atoms with Crippen molar-refractivity contribution in [2.75, 3.05) is 0 Å². The predicted octanol–water partition coefficient (Wildman–Crippen LogP) is 7.25. The molecule has 0 aliphatic rings. The number of primary sulfonamides is 1. The second-order valence-electron chi connectivity index (χ2n) is 9.52. The number of rotatable bonds is 7. The first-order valence-electron chi connectivity index (χ1n) is 13.0. The molecule has 0 aliphatic carbocycles. The van der Waals surface area contributed by atoms with E-state index in [2.05, 4.69) is 16.7 Å². The molecule has 0 aliphatic heterocycles.